The molecule has 0 bridgehead atoms. The number of nitrogen functional groups attached to an aromatic ring is 1. The molecule has 5 heteroatoms. The van der Waals surface area contributed by atoms with Crippen LogP contribution in [0.3, 0.4) is 0 Å². The number of aryl methyl sites for hydroxylation is 1. The highest BCUT2D eigenvalue weighted by Gasteiger charge is 2.02. The third-order valence-corrected chi connectivity index (χ3v) is 1.56. The smallest absolute Gasteiger partial charge is 0.221 e. The summed E-state index contributed by atoms with van der Waals surface area (Å²) in [6.45, 7) is 4.04. The minimum Gasteiger partial charge on any atom is -0.392 e. The number of nitrogens with zero attached hydrogens (tertiary/aromatic N) is 2. The Morgan fingerprint density at radius 2 is 2.38 bits per heavy atom. The van der Waals surface area contributed by atoms with E-state index in [1.54, 1.807) is 13.1 Å². The van der Waals surface area contributed by atoms with Crippen LogP contribution >= 0.6 is 0 Å². The van der Waals surface area contributed by atoms with E-state index in [9.17, 15) is 0 Å². The molecular weight excluding hydrogens is 168 g/mol. The summed E-state index contributed by atoms with van der Waals surface area (Å²) < 4.78 is 0. The van der Waals surface area contributed by atoms with E-state index >= 15 is 0 Å². The molecule has 0 spiro atoms. The molecule has 0 aliphatic rings. The van der Waals surface area contributed by atoms with E-state index in [0.29, 0.717) is 12.4 Å². The number of aromatic nitrogens is 2. The van der Waals surface area contributed by atoms with E-state index in [2.05, 4.69) is 15.3 Å². The van der Waals surface area contributed by atoms with Crippen molar-refractivity contribution in [2.24, 2.45) is 0 Å². The molecule has 0 fully saturated rings. The first kappa shape index (κ1) is 9.73. The second kappa shape index (κ2) is 4.04. The van der Waals surface area contributed by atoms with Crippen molar-refractivity contribution in [2.45, 2.75) is 20.0 Å². The van der Waals surface area contributed by atoms with E-state index in [1.165, 1.54) is 0 Å². The van der Waals surface area contributed by atoms with Crippen LogP contribution in [0, 0.1) is 6.92 Å². The molecule has 1 atom stereocenters. The Hall–Kier alpha value is -1.36. The molecule has 1 aromatic rings. The summed E-state index contributed by atoms with van der Waals surface area (Å²) in [4.78, 5) is 7.82. The molecule has 1 heterocycles. The van der Waals surface area contributed by atoms with Crippen LogP contribution in [0.1, 0.15) is 12.5 Å². The molecule has 0 saturated heterocycles. The summed E-state index contributed by atoms with van der Waals surface area (Å²) >= 11 is 0. The van der Waals surface area contributed by atoms with Crippen molar-refractivity contribution in [3.05, 3.63) is 11.8 Å². The van der Waals surface area contributed by atoms with Crippen LogP contribution in [-0.4, -0.2) is 27.7 Å². The summed E-state index contributed by atoms with van der Waals surface area (Å²) in [6, 6.07) is 0. The lowest BCUT2D eigenvalue weighted by Crippen LogP contribution is -2.17. The molecule has 0 aliphatic carbocycles. The predicted molar refractivity (Wildman–Crippen MR) is 51.4 cm³/mol. The Morgan fingerprint density at radius 3 is 3.00 bits per heavy atom. The van der Waals surface area contributed by atoms with Gasteiger partial charge in [-0.05, 0) is 13.8 Å². The van der Waals surface area contributed by atoms with E-state index < -0.39 is 6.10 Å². The van der Waals surface area contributed by atoms with Crippen LogP contribution in [0.25, 0.3) is 0 Å². The van der Waals surface area contributed by atoms with Gasteiger partial charge in [0, 0.05) is 18.3 Å². The molecule has 1 aromatic heterocycles. The van der Waals surface area contributed by atoms with Crippen LogP contribution in [0.15, 0.2) is 6.20 Å². The van der Waals surface area contributed by atoms with Gasteiger partial charge >= 0.3 is 0 Å². The normalized spacial score (nSPS) is 12.5. The van der Waals surface area contributed by atoms with E-state index in [1.807, 2.05) is 6.92 Å². The molecule has 13 heavy (non-hydrogen) atoms. The van der Waals surface area contributed by atoms with E-state index in [0.717, 1.165) is 5.56 Å². The highest BCUT2D eigenvalue weighted by Crippen LogP contribution is 2.10. The molecule has 1 unspecified atom stereocenters. The lowest BCUT2D eigenvalue weighted by molar-refractivity contribution is 0.208. The maximum Gasteiger partial charge on any atom is 0.221 e. The van der Waals surface area contributed by atoms with E-state index in [4.69, 9.17) is 10.8 Å². The zero-order valence-corrected chi connectivity index (χ0v) is 7.78. The highest BCUT2D eigenvalue weighted by molar-refractivity contribution is 5.44. The van der Waals surface area contributed by atoms with Gasteiger partial charge in [0.2, 0.25) is 5.95 Å². The molecule has 0 aliphatic heterocycles. The van der Waals surface area contributed by atoms with Crippen molar-refractivity contribution in [3.8, 4) is 0 Å². The van der Waals surface area contributed by atoms with Crippen molar-refractivity contribution in [1.82, 2.24) is 9.97 Å². The van der Waals surface area contributed by atoms with Gasteiger partial charge in [-0.3, -0.25) is 0 Å². The number of aliphatic hydroxyl groups excluding tert-OH is 1. The number of aliphatic hydroxyl groups is 1. The number of nitrogens with one attached hydrogen (secondary N) is 1. The van der Waals surface area contributed by atoms with Crippen LogP contribution in [-0.2, 0) is 0 Å². The molecule has 4 N–H and O–H groups in total. The monoisotopic (exact) mass is 182 g/mol. The Morgan fingerprint density at radius 1 is 1.69 bits per heavy atom. The van der Waals surface area contributed by atoms with Gasteiger partial charge in [0.05, 0.1) is 6.10 Å². The van der Waals surface area contributed by atoms with Gasteiger partial charge in [-0.25, -0.2) is 4.98 Å². The number of rotatable bonds is 3. The lowest BCUT2D eigenvalue weighted by atomic mass is 10.3. The minimum atomic E-state index is -0.407. The first-order valence-corrected chi connectivity index (χ1v) is 4.10. The largest absolute Gasteiger partial charge is 0.392 e. The number of hydrogen-bond donors (Lipinski definition) is 3. The van der Waals surface area contributed by atoms with Crippen molar-refractivity contribution < 1.29 is 5.11 Å². The van der Waals surface area contributed by atoms with Crippen LogP contribution in [0.5, 0.6) is 0 Å². The SMILES string of the molecule is Cc1cnc(N)nc1NCC(C)O. The second-order valence-corrected chi connectivity index (χ2v) is 2.99. The molecule has 0 radical (unpaired) electrons. The summed E-state index contributed by atoms with van der Waals surface area (Å²) in [6.07, 6.45) is 1.24. The van der Waals surface area contributed by atoms with Gasteiger partial charge in [0.25, 0.3) is 0 Å². The topological polar surface area (TPSA) is 84.1 Å². The minimum absolute atomic E-state index is 0.235. The summed E-state index contributed by atoms with van der Waals surface area (Å²) in [5.41, 5.74) is 6.32. The van der Waals surface area contributed by atoms with Gasteiger partial charge in [-0.2, -0.15) is 4.98 Å². The Balaban J connectivity index is 2.70. The Kier molecular flexibility index (Phi) is 3.02. The summed E-state index contributed by atoms with van der Waals surface area (Å²) in [5, 5.41) is 12.0. The molecule has 72 valence electrons. The molecule has 1 rings (SSSR count). The molecule has 0 saturated carbocycles. The van der Waals surface area contributed by atoms with Gasteiger partial charge in [-0.1, -0.05) is 0 Å². The van der Waals surface area contributed by atoms with Gasteiger partial charge in [0.1, 0.15) is 5.82 Å². The maximum atomic E-state index is 9.04. The molecular formula is C8H14N4O. The number of nitrogens with two attached hydrogens (primary N) is 1. The zero-order chi connectivity index (χ0) is 9.84. The second-order valence-electron chi connectivity index (χ2n) is 2.99. The lowest BCUT2D eigenvalue weighted by Gasteiger charge is -2.09. The summed E-state index contributed by atoms with van der Waals surface area (Å²) in [7, 11) is 0. The zero-order valence-electron chi connectivity index (χ0n) is 7.78. The standard InChI is InChI=1S/C8H14N4O/c1-5-3-11-8(9)12-7(5)10-4-6(2)13/h3,6,13H,4H2,1-2H3,(H3,9,10,11,12). The van der Waals surface area contributed by atoms with Crippen molar-refractivity contribution in [3.63, 3.8) is 0 Å². The maximum absolute atomic E-state index is 9.04. The Bertz CT molecular complexity index is 287. The van der Waals surface area contributed by atoms with E-state index in [-0.39, 0.29) is 5.95 Å². The number of hydrogen-bond acceptors (Lipinski definition) is 5. The van der Waals surface area contributed by atoms with Crippen LogP contribution in [0.2, 0.25) is 0 Å². The van der Waals surface area contributed by atoms with Crippen molar-refractivity contribution in [1.29, 1.82) is 0 Å². The Labute approximate surface area is 77.0 Å². The quantitative estimate of drug-likeness (QED) is 0.620. The van der Waals surface area contributed by atoms with Crippen LogP contribution in [0.4, 0.5) is 11.8 Å². The first-order chi connectivity index (χ1) is 6.09. The van der Waals surface area contributed by atoms with Crippen LogP contribution < -0.4 is 11.1 Å². The summed E-state index contributed by atoms with van der Waals surface area (Å²) in [5.74, 6) is 0.909. The number of anilines is 2. The average molecular weight is 182 g/mol. The fourth-order valence-corrected chi connectivity index (χ4v) is 0.879. The third kappa shape index (κ3) is 2.87. The molecule has 5 nitrogen and oxygen atoms in total. The molecule has 0 amide bonds. The average Bonchev–Trinajstić information content (AvgIpc) is 2.06. The fraction of sp³-hybridized carbons (Fsp3) is 0.500. The third-order valence-electron chi connectivity index (χ3n) is 1.56. The van der Waals surface area contributed by atoms with Crippen molar-refractivity contribution in [2.75, 3.05) is 17.6 Å². The van der Waals surface area contributed by atoms with Gasteiger partial charge < -0.3 is 16.2 Å². The predicted octanol–water partition coefficient (Wildman–Crippen LogP) is 0.160. The van der Waals surface area contributed by atoms with Gasteiger partial charge in [0.15, 0.2) is 0 Å². The van der Waals surface area contributed by atoms with Gasteiger partial charge in [-0.15, -0.1) is 0 Å². The highest BCUT2D eigenvalue weighted by atomic mass is 16.3. The van der Waals surface area contributed by atoms with Crippen molar-refractivity contribution >= 4 is 11.8 Å². The fourth-order valence-electron chi connectivity index (χ4n) is 0.879. The molecule has 0 aromatic carbocycles. The first-order valence-electron chi connectivity index (χ1n) is 4.10.